The number of hydrogen-bond donors (Lipinski definition) is 1. The highest BCUT2D eigenvalue weighted by molar-refractivity contribution is 5.87. The largest absolute Gasteiger partial charge is 0.478 e. The highest BCUT2D eigenvalue weighted by Gasteiger charge is 2.07. The third-order valence-electron chi connectivity index (χ3n) is 2.56. The van der Waals surface area contributed by atoms with Crippen molar-refractivity contribution in [1.29, 1.82) is 5.26 Å². The van der Waals surface area contributed by atoms with E-state index >= 15 is 0 Å². The Morgan fingerprint density at radius 2 is 2.22 bits per heavy atom. The van der Waals surface area contributed by atoms with Gasteiger partial charge in [-0.3, -0.25) is 0 Å². The smallest absolute Gasteiger partial charge is 0.328 e. The van der Waals surface area contributed by atoms with Gasteiger partial charge in [-0.25, -0.2) is 4.79 Å². The van der Waals surface area contributed by atoms with E-state index in [-0.39, 0.29) is 0 Å². The van der Waals surface area contributed by atoms with E-state index in [2.05, 4.69) is 11.0 Å². The fraction of sp³-hybridized carbons (Fsp3) is 0.286. The summed E-state index contributed by atoms with van der Waals surface area (Å²) in [6.07, 6.45) is 3.15. The molecule has 18 heavy (non-hydrogen) atoms. The van der Waals surface area contributed by atoms with Gasteiger partial charge in [0, 0.05) is 24.9 Å². The van der Waals surface area contributed by atoms with Crippen LogP contribution in [0.25, 0.3) is 6.08 Å². The minimum absolute atomic E-state index is 0.449. The van der Waals surface area contributed by atoms with Gasteiger partial charge in [-0.2, -0.15) is 5.26 Å². The minimum Gasteiger partial charge on any atom is -0.478 e. The van der Waals surface area contributed by atoms with Crippen LogP contribution in [0.2, 0.25) is 0 Å². The van der Waals surface area contributed by atoms with E-state index in [0.29, 0.717) is 13.0 Å². The van der Waals surface area contributed by atoms with E-state index < -0.39 is 5.97 Å². The van der Waals surface area contributed by atoms with Crippen LogP contribution in [0.4, 0.5) is 5.69 Å². The van der Waals surface area contributed by atoms with Gasteiger partial charge < -0.3 is 10.0 Å². The van der Waals surface area contributed by atoms with Crippen LogP contribution in [0.3, 0.4) is 0 Å². The van der Waals surface area contributed by atoms with Gasteiger partial charge in [0.05, 0.1) is 12.5 Å². The molecule has 0 unspecified atom stereocenters. The van der Waals surface area contributed by atoms with Gasteiger partial charge in [0.1, 0.15) is 0 Å². The molecule has 0 saturated carbocycles. The first-order chi connectivity index (χ1) is 8.69. The second-order valence-electron chi connectivity index (χ2n) is 3.72. The molecule has 0 spiro atoms. The Balaban J connectivity index is 2.99. The van der Waals surface area contributed by atoms with E-state index in [4.69, 9.17) is 10.4 Å². The molecule has 1 N–H and O–H groups in total. The third-order valence-corrected chi connectivity index (χ3v) is 2.56. The summed E-state index contributed by atoms with van der Waals surface area (Å²) in [7, 11) is 0. The molecule has 4 heteroatoms. The van der Waals surface area contributed by atoms with Crippen molar-refractivity contribution in [2.24, 2.45) is 0 Å². The number of nitrogens with zero attached hydrogens (tertiary/aromatic N) is 2. The fourth-order valence-corrected chi connectivity index (χ4v) is 1.71. The summed E-state index contributed by atoms with van der Waals surface area (Å²) >= 11 is 0. The molecule has 0 amide bonds. The van der Waals surface area contributed by atoms with E-state index in [1.54, 1.807) is 6.08 Å². The van der Waals surface area contributed by atoms with Crippen molar-refractivity contribution in [2.75, 3.05) is 18.0 Å². The Morgan fingerprint density at radius 3 is 2.83 bits per heavy atom. The summed E-state index contributed by atoms with van der Waals surface area (Å²) in [5, 5.41) is 17.3. The van der Waals surface area contributed by atoms with Crippen molar-refractivity contribution in [3.05, 3.63) is 35.9 Å². The molecule has 0 fully saturated rings. The monoisotopic (exact) mass is 244 g/mol. The van der Waals surface area contributed by atoms with Crippen LogP contribution in [0.5, 0.6) is 0 Å². The van der Waals surface area contributed by atoms with Gasteiger partial charge in [0.25, 0.3) is 0 Å². The molecule has 0 aliphatic rings. The van der Waals surface area contributed by atoms with Gasteiger partial charge >= 0.3 is 5.97 Å². The SMILES string of the molecule is CCN(CCC#N)c1ccccc1C=CC(=O)O. The highest BCUT2D eigenvalue weighted by Crippen LogP contribution is 2.21. The first kappa shape index (κ1) is 13.8. The number of carboxylic acid groups (broad SMARTS) is 1. The van der Waals surface area contributed by atoms with Gasteiger partial charge in [-0.05, 0) is 24.6 Å². The van der Waals surface area contributed by atoms with Crippen molar-refractivity contribution < 1.29 is 9.90 Å². The summed E-state index contributed by atoms with van der Waals surface area (Å²) < 4.78 is 0. The number of carbonyl (C=O) groups is 1. The highest BCUT2D eigenvalue weighted by atomic mass is 16.4. The second kappa shape index (κ2) is 7.13. The van der Waals surface area contributed by atoms with Crippen molar-refractivity contribution in [3.63, 3.8) is 0 Å². The van der Waals surface area contributed by atoms with E-state index in [9.17, 15) is 4.79 Å². The molecular weight excluding hydrogens is 228 g/mol. The summed E-state index contributed by atoms with van der Waals surface area (Å²) in [6.45, 7) is 3.43. The molecule has 0 heterocycles. The van der Waals surface area contributed by atoms with Crippen molar-refractivity contribution in [2.45, 2.75) is 13.3 Å². The lowest BCUT2D eigenvalue weighted by molar-refractivity contribution is -0.131. The van der Waals surface area contributed by atoms with Crippen LogP contribution in [-0.2, 0) is 4.79 Å². The Bertz CT molecular complexity index is 475. The van der Waals surface area contributed by atoms with E-state index in [0.717, 1.165) is 23.9 Å². The van der Waals surface area contributed by atoms with Gasteiger partial charge in [-0.15, -0.1) is 0 Å². The average molecular weight is 244 g/mol. The van der Waals surface area contributed by atoms with Crippen LogP contribution in [0.15, 0.2) is 30.3 Å². The molecular formula is C14H16N2O2. The van der Waals surface area contributed by atoms with Gasteiger partial charge in [0.2, 0.25) is 0 Å². The molecule has 1 aromatic carbocycles. The Morgan fingerprint density at radius 1 is 1.50 bits per heavy atom. The molecule has 94 valence electrons. The van der Waals surface area contributed by atoms with Gasteiger partial charge in [-0.1, -0.05) is 18.2 Å². The van der Waals surface area contributed by atoms with Crippen LogP contribution in [-0.4, -0.2) is 24.2 Å². The Labute approximate surface area is 107 Å². The van der Waals surface area contributed by atoms with E-state index in [1.807, 2.05) is 31.2 Å². The summed E-state index contributed by atoms with van der Waals surface area (Å²) in [5.41, 5.74) is 1.80. The van der Waals surface area contributed by atoms with Crippen LogP contribution in [0.1, 0.15) is 18.9 Å². The van der Waals surface area contributed by atoms with Crippen molar-refractivity contribution in [3.8, 4) is 6.07 Å². The average Bonchev–Trinajstić information content (AvgIpc) is 2.38. The molecule has 4 nitrogen and oxygen atoms in total. The zero-order chi connectivity index (χ0) is 13.4. The number of carboxylic acids is 1. The molecule has 0 bridgehead atoms. The number of rotatable bonds is 6. The number of hydrogen-bond acceptors (Lipinski definition) is 3. The molecule has 0 aliphatic carbocycles. The Hall–Kier alpha value is -2.28. The normalized spacial score (nSPS) is 10.2. The number of nitriles is 1. The third kappa shape index (κ3) is 3.95. The maximum absolute atomic E-state index is 10.6. The molecule has 0 atom stereocenters. The molecule has 1 rings (SSSR count). The maximum atomic E-state index is 10.6. The molecule has 0 aromatic heterocycles. The predicted octanol–water partition coefficient (Wildman–Crippen LogP) is 2.52. The lowest BCUT2D eigenvalue weighted by Crippen LogP contribution is -2.24. The lowest BCUT2D eigenvalue weighted by atomic mass is 10.1. The Kier molecular flexibility index (Phi) is 5.46. The van der Waals surface area contributed by atoms with E-state index in [1.165, 1.54) is 0 Å². The summed E-state index contributed by atoms with van der Waals surface area (Å²) in [4.78, 5) is 12.6. The molecule has 0 saturated heterocycles. The quantitative estimate of drug-likeness (QED) is 0.781. The molecule has 1 aromatic rings. The lowest BCUT2D eigenvalue weighted by Gasteiger charge is -2.23. The summed E-state index contributed by atoms with van der Waals surface area (Å²) in [5.74, 6) is -0.968. The number of aliphatic carboxylic acids is 1. The van der Waals surface area contributed by atoms with Crippen molar-refractivity contribution in [1.82, 2.24) is 0 Å². The minimum atomic E-state index is -0.968. The maximum Gasteiger partial charge on any atom is 0.328 e. The number of anilines is 1. The topological polar surface area (TPSA) is 64.3 Å². The predicted molar refractivity (Wildman–Crippen MR) is 71.2 cm³/mol. The number of para-hydroxylation sites is 1. The zero-order valence-corrected chi connectivity index (χ0v) is 10.3. The van der Waals surface area contributed by atoms with Crippen LogP contribution < -0.4 is 4.90 Å². The summed E-state index contributed by atoms with van der Waals surface area (Å²) in [6, 6.07) is 9.69. The molecule has 0 aliphatic heterocycles. The van der Waals surface area contributed by atoms with Gasteiger partial charge in [0.15, 0.2) is 0 Å². The standard InChI is InChI=1S/C14H16N2O2/c1-2-16(11-5-10-15)13-7-4-3-6-12(13)8-9-14(17)18/h3-4,6-9H,2,5,11H2,1H3,(H,17,18). The van der Waals surface area contributed by atoms with Crippen LogP contribution >= 0.6 is 0 Å². The second-order valence-corrected chi connectivity index (χ2v) is 3.72. The van der Waals surface area contributed by atoms with Crippen LogP contribution in [0, 0.1) is 11.3 Å². The first-order valence-corrected chi connectivity index (χ1v) is 5.81. The zero-order valence-electron chi connectivity index (χ0n) is 10.3. The van der Waals surface area contributed by atoms with Crippen molar-refractivity contribution >= 4 is 17.7 Å². The number of benzene rings is 1. The fourth-order valence-electron chi connectivity index (χ4n) is 1.71. The molecule has 0 radical (unpaired) electrons. The first-order valence-electron chi connectivity index (χ1n) is 5.81.